The summed E-state index contributed by atoms with van der Waals surface area (Å²) in [6.45, 7) is 1.95. The van der Waals surface area contributed by atoms with Crippen molar-refractivity contribution in [2.45, 2.75) is 13.3 Å². The molecule has 96 valence electrons. The van der Waals surface area contributed by atoms with E-state index < -0.39 is 5.97 Å². The van der Waals surface area contributed by atoms with E-state index in [-0.39, 0.29) is 16.6 Å². The van der Waals surface area contributed by atoms with Gasteiger partial charge in [-0.2, -0.15) is 0 Å². The van der Waals surface area contributed by atoms with Gasteiger partial charge in [0.1, 0.15) is 5.15 Å². The fraction of sp³-hybridized carbons (Fsp3) is 0.250. The number of carboxylic acid groups (broad SMARTS) is 1. The highest BCUT2D eigenvalue weighted by molar-refractivity contribution is 6.29. The monoisotopic (exact) mass is 268 g/mol. The number of rotatable bonds is 5. The average molecular weight is 269 g/mol. The number of amides is 1. The van der Waals surface area contributed by atoms with E-state index in [4.69, 9.17) is 16.7 Å². The van der Waals surface area contributed by atoms with Gasteiger partial charge in [0.05, 0.1) is 5.56 Å². The number of halogens is 1. The van der Waals surface area contributed by atoms with Crippen LogP contribution in [0.4, 0.5) is 0 Å². The Kier molecular flexibility index (Phi) is 5.32. The van der Waals surface area contributed by atoms with Gasteiger partial charge in [0.2, 0.25) is 5.91 Å². The molecule has 0 saturated heterocycles. The third kappa shape index (κ3) is 4.55. The molecular formula is C12H13ClN2O3. The molecular weight excluding hydrogens is 256 g/mol. The highest BCUT2D eigenvalue weighted by Crippen LogP contribution is 2.14. The maximum absolute atomic E-state index is 11.0. The number of carboxylic acids is 1. The highest BCUT2D eigenvalue weighted by Gasteiger charge is 2.08. The van der Waals surface area contributed by atoms with E-state index in [1.54, 1.807) is 12.2 Å². The van der Waals surface area contributed by atoms with Crippen molar-refractivity contribution in [1.29, 1.82) is 0 Å². The second-order valence-electron chi connectivity index (χ2n) is 3.57. The molecule has 1 rings (SSSR count). The first-order valence-corrected chi connectivity index (χ1v) is 5.68. The Balaban J connectivity index is 2.69. The fourth-order valence-electron chi connectivity index (χ4n) is 1.30. The Labute approximate surface area is 109 Å². The standard InChI is InChI=1S/C12H13ClN2O3/c1-8(16)14-5-3-2-4-9-7-15-11(13)6-10(9)12(17)18/h2,4,6-7H,3,5H2,1H3,(H,14,16)(H,17,18). The number of aromatic carboxylic acids is 1. The third-order valence-corrected chi connectivity index (χ3v) is 2.32. The molecule has 0 aliphatic heterocycles. The van der Waals surface area contributed by atoms with Crippen molar-refractivity contribution in [2.24, 2.45) is 0 Å². The first-order chi connectivity index (χ1) is 8.50. The van der Waals surface area contributed by atoms with Crippen LogP contribution in [0.3, 0.4) is 0 Å². The molecule has 1 amide bonds. The van der Waals surface area contributed by atoms with Crippen LogP contribution in [-0.2, 0) is 4.79 Å². The van der Waals surface area contributed by atoms with E-state index in [0.29, 0.717) is 18.5 Å². The van der Waals surface area contributed by atoms with Crippen LogP contribution in [0.5, 0.6) is 0 Å². The van der Waals surface area contributed by atoms with Crippen LogP contribution < -0.4 is 5.32 Å². The lowest BCUT2D eigenvalue weighted by Gasteiger charge is -2.01. The lowest BCUT2D eigenvalue weighted by atomic mass is 10.1. The van der Waals surface area contributed by atoms with Gasteiger partial charge in [-0.05, 0) is 12.5 Å². The highest BCUT2D eigenvalue weighted by atomic mass is 35.5. The van der Waals surface area contributed by atoms with Gasteiger partial charge in [-0.25, -0.2) is 9.78 Å². The molecule has 18 heavy (non-hydrogen) atoms. The largest absolute Gasteiger partial charge is 0.478 e. The van der Waals surface area contributed by atoms with Crippen LogP contribution in [0.2, 0.25) is 5.15 Å². The van der Waals surface area contributed by atoms with Gasteiger partial charge in [0, 0.05) is 25.2 Å². The summed E-state index contributed by atoms with van der Waals surface area (Å²) in [4.78, 5) is 25.4. The summed E-state index contributed by atoms with van der Waals surface area (Å²) in [6.07, 6.45) is 5.43. The van der Waals surface area contributed by atoms with Gasteiger partial charge in [-0.15, -0.1) is 0 Å². The summed E-state index contributed by atoms with van der Waals surface area (Å²) in [5, 5.41) is 11.8. The van der Waals surface area contributed by atoms with E-state index in [9.17, 15) is 9.59 Å². The van der Waals surface area contributed by atoms with Crippen LogP contribution in [-0.4, -0.2) is 28.5 Å². The van der Waals surface area contributed by atoms with Crippen LogP contribution in [0, 0.1) is 0 Å². The molecule has 0 radical (unpaired) electrons. The molecule has 5 nitrogen and oxygen atoms in total. The van der Waals surface area contributed by atoms with E-state index in [1.807, 2.05) is 0 Å². The first kappa shape index (κ1) is 14.2. The Bertz CT molecular complexity index is 486. The minimum Gasteiger partial charge on any atom is -0.478 e. The number of carbonyl (C=O) groups is 2. The third-order valence-electron chi connectivity index (χ3n) is 2.11. The molecule has 1 aromatic heterocycles. The summed E-state index contributed by atoms with van der Waals surface area (Å²) in [6, 6.07) is 1.30. The Morgan fingerprint density at radius 2 is 2.28 bits per heavy atom. The molecule has 0 fully saturated rings. The van der Waals surface area contributed by atoms with Gasteiger partial charge in [0.15, 0.2) is 0 Å². The molecule has 0 aliphatic rings. The molecule has 2 N–H and O–H groups in total. The lowest BCUT2D eigenvalue weighted by molar-refractivity contribution is -0.118. The summed E-state index contributed by atoms with van der Waals surface area (Å²) in [5.41, 5.74) is 0.584. The smallest absolute Gasteiger partial charge is 0.336 e. The number of nitrogens with zero attached hydrogens (tertiary/aromatic N) is 1. The lowest BCUT2D eigenvalue weighted by Crippen LogP contribution is -2.20. The quantitative estimate of drug-likeness (QED) is 0.632. The number of carbonyl (C=O) groups excluding carboxylic acids is 1. The van der Waals surface area contributed by atoms with Gasteiger partial charge in [-0.1, -0.05) is 23.8 Å². The molecule has 1 heterocycles. The molecule has 0 aliphatic carbocycles. The summed E-state index contributed by atoms with van der Waals surface area (Å²) < 4.78 is 0. The molecule has 0 unspecified atom stereocenters. The van der Waals surface area contributed by atoms with Gasteiger partial charge in [-0.3, -0.25) is 4.79 Å². The van der Waals surface area contributed by atoms with E-state index >= 15 is 0 Å². The van der Waals surface area contributed by atoms with E-state index in [1.165, 1.54) is 19.2 Å². The van der Waals surface area contributed by atoms with Gasteiger partial charge in [0.25, 0.3) is 0 Å². The van der Waals surface area contributed by atoms with Crippen molar-refractivity contribution in [3.63, 3.8) is 0 Å². The average Bonchev–Trinajstić information content (AvgIpc) is 2.29. The fourth-order valence-corrected chi connectivity index (χ4v) is 1.46. The molecule has 0 spiro atoms. The maximum atomic E-state index is 11.0. The maximum Gasteiger partial charge on any atom is 0.336 e. The predicted octanol–water partition coefficient (Wildman–Crippen LogP) is 1.97. The van der Waals surface area contributed by atoms with E-state index in [0.717, 1.165) is 0 Å². The van der Waals surface area contributed by atoms with Crippen molar-refractivity contribution < 1.29 is 14.7 Å². The van der Waals surface area contributed by atoms with E-state index in [2.05, 4.69) is 10.3 Å². The van der Waals surface area contributed by atoms with Crippen LogP contribution in [0.25, 0.3) is 6.08 Å². The van der Waals surface area contributed by atoms with Crippen LogP contribution >= 0.6 is 11.6 Å². The van der Waals surface area contributed by atoms with Crippen molar-refractivity contribution in [3.05, 3.63) is 34.6 Å². The Hall–Kier alpha value is -1.88. The minimum absolute atomic E-state index is 0.0946. The Morgan fingerprint density at radius 3 is 2.89 bits per heavy atom. The second kappa shape index (κ2) is 6.76. The zero-order valence-electron chi connectivity index (χ0n) is 9.81. The van der Waals surface area contributed by atoms with Crippen molar-refractivity contribution in [1.82, 2.24) is 10.3 Å². The second-order valence-corrected chi connectivity index (χ2v) is 3.96. The van der Waals surface area contributed by atoms with Gasteiger partial charge >= 0.3 is 5.97 Å². The normalized spacial score (nSPS) is 10.6. The number of nitrogens with one attached hydrogen (secondary N) is 1. The van der Waals surface area contributed by atoms with Gasteiger partial charge < -0.3 is 10.4 Å². The summed E-state index contributed by atoms with van der Waals surface area (Å²) in [7, 11) is 0. The number of aromatic nitrogens is 1. The number of hydrogen-bond acceptors (Lipinski definition) is 3. The van der Waals surface area contributed by atoms with Crippen molar-refractivity contribution in [2.75, 3.05) is 6.54 Å². The Morgan fingerprint density at radius 1 is 1.56 bits per heavy atom. The summed E-state index contributed by atoms with van der Waals surface area (Å²) >= 11 is 5.63. The van der Waals surface area contributed by atoms with Crippen molar-refractivity contribution in [3.8, 4) is 0 Å². The molecule has 0 aromatic carbocycles. The zero-order chi connectivity index (χ0) is 13.5. The predicted molar refractivity (Wildman–Crippen MR) is 68.5 cm³/mol. The van der Waals surface area contributed by atoms with Crippen LogP contribution in [0.15, 0.2) is 18.3 Å². The van der Waals surface area contributed by atoms with Crippen LogP contribution in [0.1, 0.15) is 29.3 Å². The van der Waals surface area contributed by atoms with Crippen molar-refractivity contribution >= 4 is 29.6 Å². The number of pyridine rings is 1. The number of hydrogen-bond donors (Lipinski definition) is 2. The molecule has 0 atom stereocenters. The molecule has 0 saturated carbocycles. The SMILES string of the molecule is CC(=O)NCCC=Cc1cnc(Cl)cc1C(=O)O. The molecule has 0 bridgehead atoms. The topological polar surface area (TPSA) is 79.3 Å². The molecule has 6 heteroatoms. The molecule has 1 aromatic rings. The first-order valence-electron chi connectivity index (χ1n) is 5.30. The minimum atomic E-state index is -1.05. The zero-order valence-corrected chi connectivity index (χ0v) is 10.6. The summed E-state index contributed by atoms with van der Waals surface area (Å²) in [5.74, 6) is -1.15.